The molecule has 0 unspecified atom stereocenters. The third-order valence-electron chi connectivity index (χ3n) is 5.58. The first-order valence-corrected chi connectivity index (χ1v) is 9.54. The molecule has 1 heterocycles. The number of carboxylic acid groups (broad SMARTS) is 1. The van der Waals surface area contributed by atoms with Crippen LogP contribution in [0, 0.1) is 24.1 Å². The van der Waals surface area contributed by atoms with E-state index in [0.717, 1.165) is 0 Å². The molecule has 6 nitrogen and oxygen atoms in total. The Balaban J connectivity index is 2.55. The number of carbonyl (C=O) groups excluding carboxylic acids is 1. The summed E-state index contributed by atoms with van der Waals surface area (Å²) in [4.78, 5) is 26.4. The van der Waals surface area contributed by atoms with Gasteiger partial charge in [0, 0.05) is 31.5 Å². The molecule has 1 aromatic rings. The van der Waals surface area contributed by atoms with Gasteiger partial charge in [-0.05, 0) is 51.3 Å². The first-order valence-electron chi connectivity index (χ1n) is 9.54. The molecule has 1 saturated heterocycles. The summed E-state index contributed by atoms with van der Waals surface area (Å²) in [6.07, 6.45) is -0.391. The van der Waals surface area contributed by atoms with Gasteiger partial charge in [-0.25, -0.2) is 9.18 Å². The Kier molecular flexibility index (Phi) is 6.38. The molecule has 1 aliphatic heterocycles. The van der Waals surface area contributed by atoms with E-state index < -0.39 is 40.7 Å². The van der Waals surface area contributed by atoms with Crippen LogP contribution in [0.1, 0.15) is 51.2 Å². The molecule has 1 fully saturated rings. The SMILES string of the molecule is CC[C@]1(C(=O)O)CN(C(=O)OC(C)(C)C)C[C@H](CO)[C@@H]1c1cccc(F)c1C. The summed E-state index contributed by atoms with van der Waals surface area (Å²) in [6.45, 7) is 8.32. The van der Waals surface area contributed by atoms with Crippen molar-refractivity contribution in [3.8, 4) is 0 Å². The van der Waals surface area contributed by atoms with Crippen LogP contribution in [-0.2, 0) is 9.53 Å². The smallest absolute Gasteiger partial charge is 0.410 e. The van der Waals surface area contributed by atoms with Crippen LogP contribution in [-0.4, -0.2) is 52.5 Å². The normalized spacial score (nSPS) is 25.5. The lowest BCUT2D eigenvalue weighted by Crippen LogP contribution is -2.58. The largest absolute Gasteiger partial charge is 0.481 e. The fourth-order valence-electron chi connectivity index (χ4n) is 4.17. The minimum atomic E-state index is -1.36. The van der Waals surface area contributed by atoms with Crippen LogP contribution < -0.4 is 0 Å². The van der Waals surface area contributed by atoms with Crippen LogP contribution in [0.15, 0.2) is 18.2 Å². The van der Waals surface area contributed by atoms with Crippen molar-refractivity contribution in [1.82, 2.24) is 4.90 Å². The second kappa shape index (κ2) is 8.07. The molecular formula is C21H30FNO5. The Bertz CT molecular complexity index is 745. The number of benzene rings is 1. The molecule has 0 aliphatic carbocycles. The van der Waals surface area contributed by atoms with Crippen molar-refractivity contribution in [2.24, 2.45) is 11.3 Å². The summed E-state index contributed by atoms with van der Waals surface area (Å²) >= 11 is 0. The minimum absolute atomic E-state index is 0.0646. The fraction of sp³-hybridized carbons (Fsp3) is 0.619. The number of amides is 1. The maximum atomic E-state index is 14.2. The summed E-state index contributed by atoms with van der Waals surface area (Å²) in [5, 5.41) is 20.2. The molecule has 1 aliphatic rings. The Hall–Kier alpha value is -2.15. The van der Waals surface area contributed by atoms with Crippen LogP contribution in [0.4, 0.5) is 9.18 Å². The molecule has 28 heavy (non-hydrogen) atoms. The highest BCUT2D eigenvalue weighted by Crippen LogP contribution is 2.49. The minimum Gasteiger partial charge on any atom is -0.481 e. The molecule has 1 amide bonds. The molecule has 7 heteroatoms. The molecule has 0 radical (unpaired) electrons. The zero-order valence-corrected chi connectivity index (χ0v) is 17.2. The molecule has 0 saturated carbocycles. The zero-order valence-electron chi connectivity index (χ0n) is 17.2. The lowest BCUT2D eigenvalue weighted by Gasteiger charge is -2.49. The third kappa shape index (κ3) is 4.14. The number of hydrogen-bond acceptors (Lipinski definition) is 4. The molecule has 3 atom stereocenters. The van der Waals surface area contributed by atoms with Gasteiger partial charge < -0.3 is 19.8 Å². The molecule has 0 spiro atoms. The summed E-state index contributed by atoms with van der Waals surface area (Å²) < 4.78 is 19.6. The van der Waals surface area contributed by atoms with Crippen LogP contribution in [0.5, 0.6) is 0 Å². The number of hydrogen-bond donors (Lipinski definition) is 2. The van der Waals surface area contributed by atoms with E-state index in [1.807, 2.05) is 0 Å². The van der Waals surface area contributed by atoms with Gasteiger partial charge in [0.2, 0.25) is 0 Å². The monoisotopic (exact) mass is 395 g/mol. The first-order chi connectivity index (χ1) is 13.0. The van der Waals surface area contributed by atoms with E-state index in [4.69, 9.17) is 4.74 Å². The van der Waals surface area contributed by atoms with Gasteiger partial charge in [0.25, 0.3) is 0 Å². The highest BCUT2D eigenvalue weighted by molar-refractivity contribution is 5.79. The number of carboxylic acids is 1. The molecule has 2 N–H and O–H groups in total. The van der Waals surface area contributed by atoms with Crippen molar-refractivity contribution < 1.29 is 28.9 Å². The van der Waals surface area contributed by atoms with Crippen molar-refractivity contribution >= 4 is 12.1 Å². The number of rotatable bonds is 4. The molecule has 0 bridgehead atoms. The maximum Gasteiger partial charge on any atom is 0.410 e. The van der Waals surface area contributed by atoms with Gasteiger partial charge in [0.1, 0.15) is 11.4 Å². The quantitative estimate of drug-likeness (QED) is 0.814. The van der Waals surface area contributed by atoms with Crippen molar-refractivity contribution in [3.05, 3.63) is 35.1 Å². The lowest BCUT2D eigenvalue weighted by molar-refractivity contribution is -0.157. The van der Waals surface area contributed by atoms with E-state index in [1.165, 1.54) is 11.0 Å². The van der Waals surface area contributed by atoms with Gasteiger partial charge in [0.15, 0.2) is 0 Å². The number of ether oxygens (including phenoxy) is 1. The Morgan fingerprint density at radius 2 is 2.00 bits per heavy atom. The highest BCUT2D eigenvalue weighted by atomic mass is 19.1. The average Bonchev–Trinajstić information content (AvgIpc) is 2.61. The lowest BCUT2D eigenvalue weighted by atomic mass is 9.61. The second-order valence-electron chi connectivity index (χ2n) is 8.55. The van der Waals surface area contributed by atoms with E-state index in [1.54, 1.807) is 46.8 Å². The molecule has 2 rings (SSSR count). The number of aliphatic carboxylic acids is 1. The molecule has 156 valence electrons. The number of aliphatic hydroxyl groups excluding tert-OH is 1. The predicted octanol–water partition coefficient (Wildman–Crippen LogP) is 3.56. The summed E-state index contributed by atoms with van der Waals surface area (Å²) in [6, 6.07) is 4.59. The number of piperidine rings is 1. The number of carbonyl (C=O) groups is 2. The van der Waals surface area contributed by atoms with Gasteiger partial charge in [-0.3, -0.25) is 4.79 Å². The zero-order chi connectivity index (χ0) is 21.3. The van der Waals surface area contributed by atoms with Gasteiger partial charge in [0.05, 0.1) is 5.41 Å². The predicted molar refractivity (Wildman–Crippen MR) is 103 cm³/mol. The van der Waals surface area contributed by atoms with Gasteiger partial charge in [-0.15, -0.1) is 0 Å². The van der Waals surface area contributed by atoms with Crippen molar-refractivity contribution in [3.63, 3.8) is 0 Å². The molecule has 1 aromatic carbocycles. The number of nitrogens with zero attached hydrogens (tertiary/aromatic N) is 1. The Morgan fingerprint density at radius 1 is 1.36 bits per heavy atom. The van der Waals surface area contributed by atoms with E-state index in [-0.39, 0.29) is 26.1 Å². The fourth-order valence-corrected chi connectivity index (χ4v) is 4.17. The highest BCUT2D eigenvalue weighted by Gasteiger charge is 2.54. The Morgan fingerprint density at radius 3 is 2.50 bits per heavy atom. The van der Waals surface area contributed by atoms with E-state index in [0.29, 0.717) is 11.1 Å². The van der Waals surface area contributed by atoms with E-state index in [9.17, 15) is 24.2 Å². The van der Waals surface area contributed by atoms with Crippen LogP contribution in [0.2, 0.25) is 0 Å². The first kappa shape index (κ1) is 22.1. The topological polar surface area (TPSA) is 87.1 Å². The number of aliphatic hydroxyl groups is 1. The molecular weight excluding hydrogens is 365 g/mol. The number of halogens is 1. The van der Waals surface area contributed by atoms with Crippen LogP contribution in [0.3, 0.4) is 0 Å². The van der Waals surface area contributed by atoms with E-state index >= 15 is 0 Å². The Labute approximate surface area is 165 Å². The van der Waals surface area contributed by atoms with Gasteiger partial charge in [-0.2, -0.15) is 0 Å². The van der Waals surface area contributed by atoms with E-state index in [2.05, 4.69) is 0 Å². The molecule has 0 aromatic heterocycles. The van der Waals surface area contributed by atoms with Crippen molar-refractivity contribution in [2.75, 3.05) is 19.7 Å². The summed E-state index contributed by atoms with van der Waals surface area (Å²) in [7, 11) is 0. The van der Waals surface area contributed by atoms with Crippen LogP contribution in [0.25, 0.3) is 0 Å². The third-order valence-corrected chi connectivity index (χ3v) is 5.58. The standard InChI is InChI=1S/C21H30FNO5/c1-6-21(18(25)26)12-23(19(27)28-20(3,4)5)10-14(11-24)17(21)15-8-7-9-16(22)13(15)2/h7-9,14,17,24H,6,10-12H2,1-5H3,(H,25,26)/t14-,17-,21+/m1/s1. The maximum absolute atomic E-state index is 14.2. The average molecular weight is 395 g/mol. The van der Waals surface area contributed by atoms with Crippen molar-refractivity contribution in [2.45, 2.75) is 52.6 Å². The van der Waals surface area contributed by atoms with Gasteiger partial charge >= 0.3 is 12.1 Å². The summed E-state index contributed by atoms with van der Waals surface area (Å²) in [5.41, 5.74) is -1.15. The summed E-state index contributed by atoms with van der Waals surface area (Å²) in [5.74, 6) is -2.68. The van der Waals surface area contributed by atoms with Crippen LogP contribution >= 0.6 is 0 Å². The number of likely N-dealkylation sites (tertiary alicyclic amines) is 1. The second-order valence-corrected chi connectivity index (χ2v) is 8.55. The van der Waals surface area contributed by atoms with Crippen molar-refractivity contribution in [1.29, 1.82) is 0 Å². The van der Waals surface area contributed by atoms with Gasteiger partial charge in [-0.1, -0.05) is 19.1 Å².